The summed E-state index contributed by atoms with van der Waals surface area (Å²) in [6.45, 7) is 3.25. The molecule has 0 saturated carbocycles. The van der Waals surface area contributed by atoms with Crippen molar-refractivity contribution in [3.63, 3.8) is 0 Å². The van der Waals surface area contributed by atoms with Crippen molar-refractivity contribution in [2.45, 2.75) is 32.6 Å². The topological polar surface area (TPSA) is 172 Å². The SMILES string of the molecule is CCOc1ccc(-c2nc(C(=O)NCCCCCCNC(=O)NO)c3[nH]c(=O)n(-c4ccccc4OC)c3n2)cc1. The zero-order valence-corrected chi connectivity index (χ0v) is 22.9. The number of ether oxygens (including phenoxy) is 2. The number of hydroxylamine groups is 1. The summed E-state index contributed by atoms with van der Waals surface area (Å²) < 4.78 is 12.4. The van der Waals surface area contributed by atoms with Crippen LogP contribution < -0.4 is 31.3 Å². The molecule has 0 spiro atoms. The Balaban J connectivity index is 1.61. The Morgan fingerprint density at radius 1 is 0.976 bits per heavy atom. The third-order valence-electron chi connectivity index (χ3n) is 6.28. The summed E-state index contributed by atoms with van der Waals surface area (Å²) in [7, 11) is 1.51. The molecule has 13 nitrogen and oxygen atoms in total. The molecule has 4 rings (SSSR count). The number of urea groups is 1. The second-order valence-electron chi connectivity index (χ2n) is 9.03. The van der Waals surface area contributed by atoms with Crippen molar-refractivity contribution in [2.75, 3.05) is 26.8 Å². The number of nitrogens with one attached hydrogen (secondary N) is 4. The molecule has 4 aromatic rings. The van der Waals surface area contributed by atoms with Crippen LogP contribution in [0.25, 0.3) is 28.2 Å². The van der Waals surface area contributed by atoms with Crippen molar-refractivity contribution in [1.29, 1.82) is 0 Å². The molecule has 0 aliphatic rings. The Labute approximate surface area is 235 Å². The van der Waals surface area contributed by atoms with Gasteiger partial charge >= 0.3 is 11.7 Å². The molecule has 0 saturated heterocycles. The summed E-state index contributed by atoms with van der Waals surface area (Å²) in [4.78, 5) is 49.5. The van der Waals surface area contributed by atoms with Crippen LogP contribution in [0.1, 0.15) is 43.1 Å². The molecule has 0 radical (unpaired) electrons. The van der Waals surface area contributed by atoms with Gasteiger partial charge in [-0.3, -0.25) is 10.0 Å². The van der Waals surface area contributed by atoms with E-state index < -0.39 is 17.6 Å². The van der Waals surface area contributed by atoms with Crippen LogP contribution in [-0.4, -0.2) is 63.5 Å². The second kappa shape index (κ2) is 13.9. The van der Waals surface area contributed by atoms with Gasteiger partial charge in [-0.05, 0) is 56.2 Å². The van der Waals surface area contributed by atoms with Gasteiger partial charge in [-0.2, -0.15) is 0 Å². The average Bonchev–Trinajstić information content (AvgIpc) is 3.33. The first-order chi connectivity index (χ1) is 20.0. The minimum atomic E-state index is -0.643. The fourth-order valence-electron chi connectivity index (χ4n) is 4.31. The van der Waals surface area contributed by atoms with E-state index in [0.29, 0.717) is 48.9 Å². The summed E-state index contributed by atoms with van der Waals surface area (Å²) in [5, 5.41) is 13.9. The van der Waals surface area contributed by atoms with Gasteiger partial charge in [-0.25, -0.2) is 29.6 Å². The highest BCUT2D eigenvalue weighted by molar-refractivity contribution is 6.03. The van der Waals surface area contributed by atoms with Gasteiger partial charge in [0.2, 0.25) is 0 Å². The molecule has 216 valence electrons. The van der Waals surface area contributed by atoms with E-state index in [-0.39, 0.29) is 22.7 Å². The van der Waals surface area contributed by atoms with E-state index in [9.17, 15) is 14.4 Å². The quantitative estimate of drug-likeness (QED) is 0.0937. The number of carbonyl (C=O) groups excluding carboxylic acids is 2. The Morgan fingerprint density at radius 3 is 2.37 bits per heavy atom. The van der Waals surface area contributed by atoms with E-state index in [1.165, 1.54) is 17.2 Å². The zero-order valence-electron chi connectivity index (χ0n) is 22.9. The molecule has 0 bridgehead atoms. The number of amides is 3. The number of carbonyl (C=O) groups is 2. The molecule has 0 atom stereocenters. The van der Waals surface area contributed by atoms with Gasteiger partial charge in [0.25, 0.3) is 5.91 Å². The van der Waals surface area contributed by atoms with E-state index in [1.54, 1.807) is 48.5 Å². The summed E-state index contributed by atoms with van der Waals surface area (Å²) >= 11 is 0. The summed E-state index contributed by atoms with van der Waals surface area (Å²) in [5.41, 5.74) is 2.64. The maximum atomic E-state index is 13.3. The second-order valence-corrected chi connectivity index (χ2v) is 9.03. The number of nitrogens with zero attached hydrogens (tertiary/aromatic N) is 3. The van der Waals surface area contributed by atoms with Gasteiger partial charge in [0, 0.05) is 18.7 Å². The summed E-state index contributed by atoms with van der Waals surface area (Å²) in [6, 6.07) is 13.6. The highest BCUT2D eigenvalue weighted by Crippen LogP contribution is 2.27. The van der Waals surface area contributed by atoms with E-state index in [4.69, 9.17) is 14.7 Å². The maximum absolute atomic E-state index is 13.3. The molecular weight excluding hydrogens is 530 g/mol. The smallest absolute Gasteiger partial charge is 0.338 e. The highest BCUT2D eigenvalue weighted by atomic mass is 16.5. The molecule has 5 N–H and O–H groups in total. The molecule has 2 heterocycles. The molecule has 0 aliphatic carbocycles. The first kappa shape index (κ1) is 29.1. The van der Waals surface area contributed by atoms with Gasteiger partial charge in [0.1, 0.15) is 17.0 Å². The first-order valence-electron chi connectivity index (χ1n) is 13.3. The minimum absolute atomic E-state index is 0.0452. The average molecular weight is 564 g/mol. The van der Waals surface area contributed by atoms with Crippen LogP contribution >= 0.6 is 0 Å². The molecule has 3 amide bonds. The van der Waals surface area contributed by atoms with Crippen LogP contribution in [-0.2, 0) is 0 Å². The van der Waals surface area contributed by atoms with Gasteiger partial charge in [0.15, 0.2) is 17.2 Å². The number of hydrogen-bond donors (Lipinski definition) is 5. The third-order valence-corrected chi connectivity index (χ3v) is 6.28. The molecule has 0 unspecified atom stereocenters. The lowest BCUT2D eigenvalue weighted by Crippen LogP contribution is -2.33. The Bertz CT molecular complexity index is 1550. The van der Waals surface area contributed by atoms with E-state index in [0.717, 1.165) is 19.3 Å². The van der Waals surface area contributed by atoms with Gasteiger partial charge in [0.05, 0.1) is 19.4 Å². The molecule has 13 heteroatoms. The Hall–Kier alpha value is -4.91. The number of rotatable bonds is 13. The van der Waals surface area contributed by atoms with E-state index >= 15 is 0 Å². The highest BCUT2D eigenvalue weighted by Gasteiger charge is 2.22. The zero-order chi connectivity index (χ0) is 29.2. The van der Waals surface area contributed by atoms with Crippen molar-refractivity contribution in [1.82, 2.24) is 35.6 Å². The van der Waals surface area contributed by atoms with Crippen LogP contribution in [0.15, 0.2) is 53.3 Å². The Morgan fingerprint density at radius 2 is 1.68 bits per heavy atom. The summed E-state index contributed by atoms with van der Waals surface area (Å²) in [5.74, 6) is 0.984. The van der Waals surface area contributed by atoms with Crippen LogP contribution in [0.4, 0.5) is 4.79 Å². The van der Waals surface area contributed by atoms with Crippen molar-refractivity contribution in [3.05, 3.63) is 64.7 Å². The van der Waals surface area contributed by atoms with Crippen LogP contribution in [0.2, 0.25) is 0 Å². The lowest BCUT2D eigenvalue weighted by Gasteiger charge is -2.11. The molecule has 41 heavy (non-hydrogen) atoms. The van der Waals surface area contributed by atoms with E-state index in [2.05, 4.69) is 25.6 Å². The first-order valence-corrected chi connectivity index (χ1v) is 13.3. The number of fused-ring (bicyclic) bond motifs is 1. The number of H-pyrrole nitrogens is 1. The molecule has 2 aromatic heterocycles. The number of benzene rings is 2. The molecular formula is C28H33N7O6. The van der Waals surface area contributed by atoms with E-state index in [1.807, 2.05) is 6.92 Å². The van der Waals surface area contributed by atoms with Crippen LogP contribution in [0.3, 0.4) is 0 Å². The van der Waals surface area contributed by atoms with Crippen LogP contribution in [0.5, 0.6) is 11.5 Å². The lowest BCUT2D eigenvalue weighted by atomic mass is 10.2. The molecule has 2 aromatic carbocycles. The van der Waals surface area contributed by atoms with Gasteiger partial charge < -0.3 is 25.1 Å². The number of imidazole rings is 1. The fraction of sp³-hybridized carbons (Fsp3) is 0.321. The van der Waals surface area contributed by atoms with Gasteiger partial charge in [-0.1, -0.05) is 25.0 Å². The normalized spacial score (nSPS) is 10.8. The third kappa shape index (κ3) is 7.00. The fourth-order valence-corrected chi connectivity index (χ4v) is 4.31. The number of para-hydroxylation sites is 2. The van der Waals surface area contributed by atoms with Gasteiger partial charge in [-0.15, -0.1) is 0 Å². The maximum Gasteiger partial charge on any atom is 0.338 e. The monoisotopic (exact) mass is 563 g/mol. The standard InChI is InChI=1S/C28H33N7O6/c1-3-41-19-14-12-18(13-15-19)24-31-23(26(36)29-16-8-4-5-9-17-30-27(37)34-39)22-25(33-24)35(28(38)32-22)20-10-6-7-11-21(20)40-2/h6-7,10-15,39H,3-5,8-9,16-17H2,1-2H3,(H,29,36)(H,32,38)(H2,30,34,37). The van der Waals surface area contributed by atoms with Crippen LogP contribution in [0, 0.1) is 0 Å². The predicted octanol–water partition coefficient (Wildman–Crippen LogP) is 3.16. The Kier molecular flexibility index (Phi) is 9.89. The minimum Gasteiger partial charge on any atom is -0.495 e. The van der Waals surface area contributed by atoms with Crippen molar-refractivity contribution >= 4 is 23.1 Å². The molecule has 0 aliphatic heterocycles. The predicted molar refractivity (Wildman–Crippen MR) is 152 cm³/mol. The number of methoxy groups -OCH3 is 1. The largest absolute Gasteiger partial charge is 0.495 e. The summed E-state index contributed by atoms with van der Waals surface area (Å²) in [6.07, 6.45) is 3.09. The lowest BCUT2D eigenvalue weighted by molar-refractivity contribution is 0.0949. The van der Waals surface area contributed by atoms with Crippen molar-refractivity contribution in [3.8, 4) is 28.6 Å². The van der Waals surface area contributed by atoms with Crippen molar-refractivity contribution < 1.29 is 24.3 Å². The molecule has 0 fully saturated rings. The number of unbranched alkanes of at least 4 members (excludes halogenated alkanes) is 3. The number of hydrogen-bond acceptors (Lipinski definition) is 8. The number of aromatic amines is 1. The number of aromatic nitrogens is 4. The van der Waals surface area contributed by atoms with Crippen molar-refractivity contribution in [2.24, 2.45) is 0 Å².